The van der Waals surface area contributed by atoms with Crippen molar-refractivity contribution in [3.63, 3.8) is 0 Å². The molecule has 5 rings (SSSR count). The van der Waals surface area contributed by atoms with Gasteiger partial charge < -0.3 is 19.7 Å². The molecule has 3 aliphatic carbocycles. The Morgan fingerprint density at radius 3 is 2.59 bits per heavy atom. The smallest absolute Gasteiger partial charge is 0.255 e. The molecule has 2 saturated carbocycles. The van der Waals surface area contributed by atoms with E-state index in [1.807, 2.05) is 18.2 Å². The van der Waals surface area contributed by atoms with Gasteiger partial charge in [0, 0.05) is 25.7 Å². The SMILES string of the molecule is COc1ccc(OC2CCN(C3CCCC3)CC2)c(C(=O)NCC[C@@H]2C[C@@H]3C=C[C@H]2C3)c1. The van der Waals surface area contributed by atoms with Gasteiger partial charge in [0.25, 0.3) is 5.91 Å². The van der Waals surface area contributed by atoms with Crippen molar-refractivity contribution in [3.05, 3.63) is 35.9 Å². The molecule has 0 unspecified atom stereocenters. The summed E-state index contributed by atoms with van der Waals surface area (Å²) in [5, 5.41) is 3.15. The number of rotatable bonds is 8. The molecular formula is C27H38N2O3. The number of nitrogens with one attached hydrogen (secondary N) is 1. The van der Waals surface area contributed by atoms with Gasteiger partial charge in [-0.15, -0.1) is 0 Å². The van der Waals surface area contributed by atoms with Crippen LogP contribution >= 0.6 is 0 Å². The van der Waals surface area contributed by atoms with Crippen molar-refractivity contribution in [1.29, 1.82) is 0 Å². The molecule has 0 radical (unpaired) electrons. The Kier molecular flexibility index (Phi) is 6.72. The fourth-order valence-electron chi connectivity index (χ4n) is 6.42. The number of fused-ring (bicyclic) bond motifs is 2. The highest BCUT2D eigenvalue weighted by Crippen LogP contribution is 2.44. The predicted octanol–water partition coefficient (Wildman–Crippen LogP) is 4.81. The summed E-state index contributed by atoms with van der Waals surface area (Å²) in [5.41, 5.74) is 0.593. The molecule has 3 atom stereocenters. The van der Waals surface area contributed by atoms with Gasteiger partial charge in [-0.25, -0.2) is 0 Å². The normalized spacial score (nSPS) is 28.3. The second-order valence-corrected chi connectivity index (χ2v) is 10.2. The molecular weight excluding hydrogens is 400 g/mol. The zero-order valence-corrected chi connectivity index (χ0v) is 19.4. The van der Waals surface area contributed by atoms with Crippen molar-refractivity contribution < 1.29 is 14.3 Å². The van der Waals surface area contributed by atoms with Crippen LogP contribution in [0.4, 0.5) is 0 Å². The summed E-state index contributed by atoms with van der Waals surface area (Å²) in [4.78, 5) is 15.7. The summed E-state index contributed by atoms with van der Waals surface area (Å²) in [7, 11) is 1.64. The lowest BCUT2D eigenvalue weighted by Gasteiger charge is -2.36. The Morgan fingerprint density at radius 1 is 1.09 bits per heavy atom. The van der Waals surface area contributed by atoms with Gasteiger partial charge in [-0.2, -0.15) is 0 Å². The number of carbonyl (C=O) groups excluding carboxylic acids is 1. The van der Waals surface area contributed by atoms with E-state index in [4.69, 9.17) is 9.47 Å². The average molecular weight is 439 g/mol. The maximum atomic E-state index is 13.1. The molecule has 1 N–H and O–H groups in total. The highest BCUT2D eigenvalue weighted by molar-refractivity contribution is 5.97. The van der Waals surface area contributed by atoms with E-state index in [0.29, 0.717) is 17.1 Å². The fraction of sp³-hybridized carbons (Fsp3) is 0.667. The van der Waals surface area contributed by atoms with Crippen molar-refractivity contribution in [2.75, 3.05) is 26.7 Å². The number of methoxy groups -OCH3 is 1. The first kappa shape index (κ1) is 21.8. The van der Waals surface area contributed by atoms with Crippen LogP contribution in [0.2, 0.25) is 0 Å². The second-order valence-electron chi connectivity index (χ2n) is 10.2. The van der Waals surface area contributed by atoms with E-state index in [0.717, 1.165) is 62.7 Å². The van der Waals surface area contributed by atoms with E-state index in [1.54, 1.807) is 7.11 Å². The highest BCUT2D eigenvalue weighted by Gasteiger charge is 2.35. The van der Waals surface area contributed by atoms with Gasteiger partial charge >= 0.3 is 0 Å². The third-order valence-electron chi connectivity index (χ3n) is 8.26. The first-order valence-corrected chi connectivity index (χ1v) is 12.7. The molecule has 0 spiro atoms. The Morgan fingerprint density at radius 2 is 1.91 bits per heavy atom. The Balaban J connectivity index is 1.16. The van der Waals surface area contributed by atoms with Crippen LogP contribution in [0.15, 0.2) is 30.4 Å². The third kappa shape index (κ3) is 4.83. The fourth-order valence-corrected chi connectivity index (χ4v) is 6.42. The number of benzene rings is 1. The quantitative estimate of drug-likeness (QED) is 0.592. The Hall–Kier alpha value is -2.01. The number of allylic oxidation sites excluding steroid dienone is 2. The van der Waals surface area contributed by atoms with E-state index in [9.17, 15) is 4.79 Å². The molecule has 4 aliphatic rings. The van der Waals surface area contributed by atoms with Gasteiger partial charge in [0.2, 0.25) is 0 Å². The van der Waals surface area contributed by atoms with Crippen molar-refractivity contribution in [1.82, 2.24) is 10.2 Å². The van der Waals surface area contributed by atoms with Crippen LogP contribution in [0.1, 0.15) is 68.1 Å². The molecule has 1 aliphatic heterocycles. The summed E-state index contributed by atoms with van der Waals surface area (Å²) < 4.78 is 11.8. The lowest BCUT2D eigenvalue weighted by atomic mass is 9.90. The van der Waals surface area contributed by atoms with Gasteiger partial charge in [-0.1, -0.05) is 25.0 Å². The van der Waals surface area contributed by atoms with Crippen molar-refractivity contribution in [3.8, 4) is 11.5 Å². The molecule has 32 heavy (non-hydrogen) atoms. The average Bonchev–Trinajstić information content (AvgIpc) is 3.59. The summed E-state index contributed by atoms with van der Waals surface area (Å²) in [5.74, 6) is 3.54. The molecule has 0 aromatic heterocycles. The molecule has 2 bridgehead atoms. The van der Waals surface area contributed by atoms with Crippen molar-refractivity contribution in [2.24, 2.45) is 17.8 Å². The summed E-state index contributed by atoms with van der Waals surface area (Å²) in [6.07, 6.45) is 16.1. The zero-order valence-electron chi connectivity index (χ0n) is 19.4. The monoisotopic (exact) mass is 438 g/mol. The molecule has 5 heteroatoms. The number of hydrogen-bond acceptors (Lipinski definition) is 4. The van der Waals surface area contributed by atoms with Crippen LogP contribution < -0.4 is 14.8 Å². The standard InChI is InChI=1S/C27H38N2O3/c1-31-24-8-9-26(32-23-11-14-29(15-12-23)22-4-2-3-5-22)25(18-24)27(30)28-13-10-21-17-19-6-7-20(21)16-19/h6-9,18-23H,2-5,10-17H2,1H3,(H,28,30)/t19-,20+,21-/m1/s1. The maximum absolute atomic E-state index is 13.1. The summed E-state index contributed by atoms with van der Waals surface area (Å²) in [6.45, 7) is 2.92. The predicted molar refractivity (Wildman–Crippen MR) is 126 cm³/mol. The van der Waals surface area contributed by atoms with Crippen LogP contribution in [0, 0.1) is 17.8 Å². The van der Waals surface area contributed by atoms with Crippen LogP contribution in [-0.4, -0.2) is 49.7 Å². The molecule has 3 fully saturated rings. The number of hydrogen-bond donors (Lipinski definition) is 1. The van der Waals surface area contributed by atoms with Gasteiger partial charge in [0.1, 0.15) is 17.6 Å². The Bertz CT molecular complexity index is 824. The molecule has 1 amide bonds. The maximum Gasteiger partial charge on any atom is 0.255 e. The largest absolute Gasteiger partial charge is 0.497 e. The van der Waals surface area contributed by atoms with Crippen LogP contribution in [0.25, 0.3) is 0 Å². The van der Waals surface area contributed by atoms with E-state index in [1.165, 1.54) is 38.5 Å². The lowest BCUT2D eigenvalue weighted by Crippen LogP contribution is -2.43. The molecule has 1 saturated heterocycles. The van der Waals surface area contributed by atoms with Crippen molar-refractivity contribution in [2.45, 2.75) is 69.9 Å². The highest BCUT2D eigenvalue weighted by atomic mass is 16.5. The van der Waals surface area contributed by atoms with Gasteiger partial charge in [0.05, 0.1) is 12.7 Å². The van der Waals surface area contributed by atoms with E-state index in [-0.39, 0.29) is 12.0 Å². The number of likely N-dealkylation sites (tertiary alicyclic amines) is 1. The van der Waals surface area contributed by atoms with E-state index < -0.39 is 0 Å². The van der Waals surface area contributed by atoms with E-state index in [2.05, 4.69) is 22.4 Å². The first-order chi connectivity index (χ1) is 15.7. The minimum atomic E-state index is -0.0546. The summed E-state index contributed by atoms with van der Waals surface area (Å²) in [6, 6.07) is 6.39. The van der Waals surface area contributed by atoms with Gasteiger partial charge in [-0.05, 0) is 80.9 Å². The zero-order chi connectivity index (χ0) is 21.9. The molecule has 174 valence electrons. The van der Waals surface area contributed by atoms with Crippen LogP contribution in [0.3, 0.4) is 0 Å². The number of carbonyl (C=O) groups is 1. The number of amides is 1. The van der Waals surface area contributed by atoms with Gasteiger partial charge in [0.15, 0.2) is 0 Å². The van der Waals surface area contributed by atoms with E-state index >= 15 is 0 Å². The number of nitrogens with zero attached hydrogens (tertiary/aromatic N) is 1. The molecule has 1 heterocycles. The van der Waals surface area contributed by atoms with Crippen LogP contribution in [-0.2, 0) is 0 Å². The number of ether oxygens (including phenoxy) is 2. The lowest BCUT2D eigenvalue weighted by molar-refractivity contribution is 0.0749. The second kappa shape index (κ2) is 9.86. The molecule has 1 aromatic carbocycles. The minimum Gasteiger partial charge on any atom is -0.497 e. The number of piperidine rings is 1. The molecule has 5 nitrogen and oxygen atoms in total. The van der Waals surface area contributed by atoms with Crippen molar-refractivity contribution >= 4 is 5.91 Å². The molecule has 1 aromatic rings. The van der Waals surface area contributed by atoms with Gasteiger partial charge in [-0.3, -0.25) is 4.79 Å². The van der Waals surface area contributed by atoms with Crippen LogP contribution in [0.5, 0.6) is 11.5 Å². The topological polar surface area (TPSA) is 50.8 Å². The third-order valence-corrected chi connectivity index (χ3v) is 8.26. The minimum absolute atomic E-state index is 0.0546. The summed E-state index contributed by atoms with van der Waals surface area (Å²) >= 11 is 0. The first-order valence-electron chi connectivity index (χ1n) is 12.7. The Labute approximate surface area is 192 Å².